The molecule has 5 aromatic rings. The number of aromatic nitrogens is 4. The molecular weight excluding hydrogens is 352 g/mol. The van der Waals surface area contributed by atoms with Crippen LogP contribution in [0.5, 0.6) is 5.75 Å². The van der Waals surface area contributed by atoms with Gasteiger partial charge in [-0.3, -0.25) is 14.5 Å². The highest BCUT2D eigenvalue weighted by Gasteiger charge is 2.19. The van der Waals surface area contributed by atoms with Gasteiger partial charge in [0.25, 0.3) is 5.56 Å². The van der Waals surface area contributed by atoms with Crippen molar-refractivity contribution in [2.24, 2.45) is 0 Å². The van der Waals surface area contributed by atoms with Crippen LogP contribution >= 0.6 is 0 Å². The predicted octanol–water partition coefficient (Wildman–Crippen LogP) is 3.56. The topological polar surface area (TPSA) is 83.8 Å². The van der Waals surface area contributed by atoms with Gasteiger partial charge in [0.05, 0.1) is 22.3 Å². The number of aromatic amines is 1. The van der Waals surface area contributed by atoms with E-state index in [1.165, 1.54) is 0 Å². The zero-order valence-corrected chi connectivity index (χ0v) is 14.8. The minimum absolute atomic E-state index is 0.185. The molecule has 28 heavy (non-hydrogen) atoms. The fourth-order valence-electron chi connectivity index (χ4n) is 3.57. The Morgan fingerprint density at radius 1 is 0.964 bits per heavy atom. The summed E-state index contributed by atoms with van der Waals surface area (Å²) in [4.78, 5) is 18.0. The van der Waals surface area contributed by atoms with Crippen LogP contribution in [-0.2, 0) is 6.42 Å². The first-order chi connectivity index (χ1) is 13.7. The Morgan fingerprint density at radius 3 is 2.57 bits per heavy atom. The van der Waals surface area contributed by atoms with E-state index in [0.29, 0.717) is 34.2 Å². The number of para-hydroxylation sites is 2. The Kier molecular flexibility index (Phi) is 3.69. The van der Waals surface area contributed by atoms with Gasteiger partial charge in [-0.25, -0.2) is 4.98 Å². The number of phenolic OH excluding ortho intramolecular Hbond substituents is 1. The van der Waals surface area contributed by atoms with Crippen molar-refractivity contribution < 1.29 is 5.11 Å². The lowest BCUT2D eigenvalue weighted by Gasteiger charge is -2.10. The molecule has 0 radical (unpaired) electrons. The summed E-state index contributed by atoms with van der Waals surface area (Å²) in [5.74, 6) is 0.185. The van der Waals surface area contributed by atoms with E-state index in [0.717, 1.165) is 11.1 Å². The molecular formula is C22H16N4O2. The first-order valence-electron chi connectivity index (χ1n) is 8.93. The van der Waals surface area contributed by atoms with Crippen LogP contribution in [0.25, 0.3) is 27.6 Å². The molecule has 0 saturated carbocycles. The standard InChI is InChI=1S/C22H16N4O2/c27-18-11-5-4-7-14(18)13-17-19-20(25-24-17)16-10-6-12-23-21(16)26(22(19)28)15-8-2-1-3-9-15/h1-12,27H,13H2,(H,24,25). The second-order valence-corrected chi connectivity index (χ2v) is 6.58. The highest BCUT2D eigenvalue weighted by Crippen LogP contribution is 2.26. The molecule has 0 aliphatic heterocycles. The number of hydrogen-bond donors (Lipinski definition) is 2. The molecule has 0 atom stereocenters. The zero-order valence-electron chi connectivity index (χ0n) is 14.8. The fourth-order valence-corrected chi connectivity index (χ4v) is 3.57. The third-order valence-corrected chi connectivity index (χ3v) is 4.89. The van der Waals surface area contributed by atoms with E-state index < -0.39 is 0 Å². The molecule has 6 nitrogen and oxygen atoms in total. The van der Waals surface area contributed by atoms with Crippen LogP contribution < -0.4 is 5.56 Å². The van der Waals surface area contributed by atoms with E-state index in [4.69, 9.17) is 0 Å². The number of nitrogens with one attached hydrogen (secondary N) is 1. The normalized spacial score (nSPS) is 11.3. The van der Waals surface area contributed by atoms with Crippen LogP contribution in [0.2, 0.25) is 0 Å². The molecule has 0 bridgehead atoms. The molecule has 6 heteroatoms. The maximum absolute atomic E-state index is 13.5. The number of nitrogens with zero attached hydrogens (tertiary/aromatic N) is 3. The van der Waals surface area contributed by atoms with Crippen LogP contribution in [0.1, 0.15) is 11.3 Å². The summed E-state index contributed by atoms with van der Waals surface area (Å²) in [5, 5.41) is 18.9. The number of phenols is 1. The second kappa shape index (κ2) is 6.35. The lowest BCUT2D eigenvalue weighted by Crippen LogP contribution is -2.20. The molecule has 0 aliphatic rings. The molecule has 2 N–H and O–H groups in total. The Labute approximate surface area is 159 Å². The monoisotopic (exact) mass is 368 g/mol. The lowest BCUT2D eigenvalue weighted by atomic mass is 10.1. The van der Waals surface area contributed by atoms with Gasteiger partial charge >= 0.3 is 0 Å². The van der Waals surface area contributed by atoms with Crippen LogP contribution in [0.3, 0.4) is 0 Å². The van der Waals surface area contributed by atoms with Crippen LogP contribution in [-0.4, -0.2) is 24.9 Å². The first-order valence-corrected chi connectivity index (χ1v) is 8.93. The van der Waals surface area contributed by atoms with E-state index in [-0.39, 0.29) is 11.3 Å². The van der Waals surface area contributed by atoms with E-state index in [9.17, 15) is 9.90 Å². The van der Waals surface area contributed by atoms with E-state index in [2.05, 4.69) is 15.2 Å². The summed E-state index contributed by atoms with van der Waals surface area (Å²) < 4.78 is 1.61. The average molecular weight is 368 g/mol. The zero-order chi connectivity index (χ0) is 19.1. The molecule has 0 amide bonds. The summed E-state index contributed by atoms with van der Waals surface area (Å²) in [6.07, 6.45) is 2.02. The van der Waals surface area contributed by atoms with Crippen molar-refractivity contribution in [3.63, 3.8) is 0 Å². The van der Waals surface area contributed by atoms with Crippen LogP contribution in [0.15, 0.2) is 77.7 Å². The van der Waals surface area contributed by atoms with Gasteiger partial charge in [0.1, 0.15) is 11.4 Å². The Hall–Kier alpha value is -3.93. The maximum Gasteiger partial charge on any atom is 0.268 e. The number of hydrogen-bond acceptors (Lipinski definition) is 4. The first kappa shape index (κ1) is 16.3. The summed E-state index contributed by atoms with van der Waals surface area (Å²) in [6.45, 7) is 0. The number of fused-ring (bicyclic) bond motifs is 3. The van der Waals surface area contributed by atoms with Gasteiger partial charge in [0, 0.05) is 18.0 Å². The maximum atomic E-state index is 13.5. The average Bonchev–Trinajstić information content (AvgIpc) is 3.15. The number of rotatable bonds is 3. The summed E-state index contributed by atoms with van der Waals surface area (Å²) in [6, 6.07) is 20.3. The molecule has 0 spiro atoms. The molecule has 2 aromatic carbocycles. The summed E-state index contributed by atoms with van der Waals surface area (Å²) >= 11 is 0. The number of aromatic hydroxyl groups is 1. The Balaban J connectivity index is 1.84. The summed E-state index contributed by atoms with van der Waals surface area (Å²) in [7, 11) is 0. The fraction of sp³-hybridized carbons (Fsp3) is 0.0455. The van der Waals surface area contributed by atoms with Gasteiger partial charge in [-0.2, -0.15) is 5.10 Å². The van der Waals surface area contributed by atoms with Gasteiger partial charge in [-0.05, 0) is 35.9 Å². The largest absolute Gasteiger partial charge is 0.508 e. The number of H-pyrrole nitrogens is 1. The van der Waals surface area contributed by atoms with Gasteiger partial charge in [0.15, 0.2) is 0 Å². The smallest absolute Gasteiger partial charge is 0.268 e. The van der Waals surface area contributed by atoms with Crippen molar-refractivity contribution in [2.75, 3.05) is 0 Å². The van der Waals surface area contributed by atoms with E-state index >= 15 is 0 Å². The van der Waals surface area contributed by atoms with Crippen molar-refractivity contribution in [3.05, 3.63) is 94.5 Å². The second-order valence-electron chi connectivity index (χ2n) is 6.58. The number of pyridine rings is 2. The van der Waals surface area contributed by atoms with Gasteiger partial charge in [-0.15, -0.1) is 0 Å². The quantitative estimate of drug-likeness (QED) is 0.510. The van der Waals surface area contributed by atoms with Gasteiger partial charge < -0.3 is 5.11 Å². The Bertz CT molecular complexity index is 1370. The predicted molar refractivity (Wildman–Crippen MR) is 108 cm³/mol. The molecule has 3 aromatic heterocycles. The summed E-state index contributed by atoms with van der Waals surface area (Å²) in [5.41, 5.74) is 3.10. The van der Waals surface area contributed by atoms with Gasteiger partial charge in [0.2, 0.25) is 0 Å². The molecule has 5 rings (SSSR count). The molecule has 0 saturated heterocycles. The highest BCUT2D eigenvalue weighted by atomic mass is 16.3. The van der Waals surface area contributed by atoms with Crippen LogP contribution in [0, 0.1) is 0 Å². The lowest BCUT2D eigenvalue weighted by molar-refractivity contribution is 0.469. The molecule has 3 heterocycles. The van der Waals surface area contributed by atoms with Crippen molar-refractivity contribution in [1.29, 1.82) is 0 Å². The van der Waals surface area contributed by atoms with Gasteiger partial charge in [-0.1, -0.05) is 36.4 Å². The Morgan fingerprint density at radius 2 is 1.75 bits per heavy atom. The van der Waals surface area contributed by atoms with Crippen molar-refractivity contribution in [2.45, 2.75) is 6.42 Å². The third kappa shape index (κ3) is 2.46. The van der Waals surface area contributed by atoms with E-state index in [1.807, 2.05) is 54.6 Å². The van der Waals surface area contributed by atoms with E-state index in [1.54, 1.807) is 22.9 Å². The minimum atomic E-state index is -0.188. The van der Waals surface area contributed by atoms with Crippen molar-refractivity contribution >= 4 is 21.9 Å². The van der Waals surface area contributed by atoms with Crippen molar-refractivity contribution in [1.82, 2.24) is 19.7 Å². The molecule has 0 fully saturated rings. The number of benzene rings is 2. The molecule has 0 aliphatic carbocycles. The SMILES string of the molecule is O=c1c2c(Cc3ccccc3O)n[nH]c2c2cccnc2n1-c1ccccc1. The van der Waals surface area contributed by atoms with Crippen molar-refractivity contribution in [3.8, 4) is 11.4 Å². The minimum Gasteiger partial charge on any atom is -0.508 e. The molecule has 136 valence electrons. The highest BCUT2D eigenvalue weighted by molar-refractivity contribution is 6.03. The van der Waals surface area contributed by atoms with Crippen LogP contribution in [0.4, 0.5) is 0 Å². The third-order valence-electron chi connectivity index (χ3n) is 4.89. The molecule has 0 unspecified atom stereocenters.